The number of benzene rings is 1. The molecule has 0 spiro atoms. The Labute approximate surface area is 119 Å². The maximum atomic E-state index is 11.8. The van der Waals surface area contributed by atoms with Crippen LogP contribution in [0.3, 0.4) is 0 Å². The highest BCUT2D eigenvalue weighted by Crippen LogP contribution is 2.24. The Morgan fingerprint density at radius 2 is 2.16 bits per heavy atom. The molecule has 0 bridgehead atoms. The number of nitrogens with zero attached hydrogens (tertiary/aromatic N) is 3. The molecule has 0 aliphatic heterocycles. The van der Waals surface area contributed by atoms with Gasteiger partial charge in [-0.2, -0.15) is 0 Å². The highest BCUT2D eigenvalue weighted by molar-refractivity contribution is 6.42. The van der Waals surface area contributed by atoms with Crippen molar-refractivity contribution in [3.05, 3.63) is 40.1 Å². The van der Waals surface area contributed by atoms with E-state index >= 15 is 0 Å². The van der Waals surface area contributed by atoms with Crippen LogP contribution in [0.15, 0.2) is 24.4 Å². The van der Waals surface area contributed by atoms with Crippen LogP contribution in [0, 0.1) is 0 Å². The lowest BCUT2D eigenvalue weighted by Crippen LogP contribution is -2.21. The van der Waals surface area contributed by atoms with Crippen LogP contribution in [0.25, 0.3) is 0 Å². The number of hydrogen-bond acceptors (Lipinski definition) is 4. The third-order valence-electron chi connectivity index (χ3n) is 2.40. The van der Waals surface area contributed by atoms with E-state index in [-0.39, 0.29) is 19.0 Å². The van der Waals surface area contributed by atoms with Crippen molar-refractivity contribution in [1.82, 2.24) is 15.0 Å². The number of hydrogen-bond donors (Lipinski definition) is 2. The van der Waals surface area contributed by atoms with Crippen LogP contribution in [-0.2, 0) is 17.9 Å². The standard InChI is InChI=1S/C11H11Cl2N5O/c12-9-2-1-7(3-10(9)13)16-11(19)6-18-8(4-14)5-15-17-18/h1-3,5H,4,6,14H2,(H,16,19). The van der Waals surface area contributed by atoms with Gasteiger partial charge in [0.1, 0.15) is 6.54 Å². The van der Waals surface area contributed by atoms with Gasteiger partial charge in [0.25, 0.3) is 0 Å². The first-order valence-electron chi connectivity index (χ1n) is 5.42. The van der Waals surface area contributed by atoms with E-state index in [0.717, 1.165) is 0 Å². The highest BCUT2D eigenvalue weighted by atomic mass is 35.5. The molecular formula is C11H11Cl2N5O. The van der Waals surface area contributed by atoms with Gasteiger partial charge in [0.2, 0.25) is 5.91 Å². The summed E-state index contributed by atoms with van der Waals surface area (Å²) in [6.07, 6.45) is 1.52. The van der Waals surface area contributed by atoms with Crippen molar-refractivity contribution in [2.75, 3.05) is 5.32 Å². The first-order chi connectivity index (χ1) is 9.10. The van der Waals surface area contributed by atoms with Gasteiger partial charge in [0.15, 0.2) is 0 Å². The van der Waals surface area contributed by atoms with Gasteiger partial charge in [-0.15, -0.1) is 5.10 Å². The van der Waals surface area contributed by atoms with Gasteiger partial charge < -0.3 is 11.1 Å². The number of nitrogens with two attached hydrogens (primary N) is 1. The Morgan fingerprint density at radius 3 is 2.84 bits per heavy atom. The molecule has 0 aliphatic rings. The molecule has 8 heteroatoms. The van der Waals surface area contributed by atoms with Gasteiger partial charge in [-0.1, -0.05) is 28.4 Å². The van der Waals surface area contributed by atoms with E-state index in [1.54, 1.807) is 18.2 Å². The molecule has 1 aromatic heterocycles. The van der Waals surface area contributed by atoms with Crippen molar-refractivity contribution in [1.29, 1.82) is 0 Å². The monoisotopic (exact) mass is 299 g/mol. The molecular weight excluding hydrogens is 289 g/mol. The molecule has 0 saturated heterocycles. The molecule has 0 saturated carbocycles. The van der Waals surface area contributed by atoms with Crippen LogP contribution in [0.1, 0.15) is 5.69 Å². The van der Waals surface area contributed by atoms with Gasteiger partial charge in [0.05, 0.1) is 21.9 Å². The molecule has 0 radical (unpaired) electrons. The van der Waals surface area contributed by atoms with E-state index in [9.17, 15) is 4.79 Å². The lowest BCUT2D eigenvalue weighted by Gasteiger charge is -2.07. The largest absolute Gasteiger partial charge is 0.325 e. The number of halogens is 2. The predicted molar refractivity (Wildman–Crippen MR) is 73.0 cm³/mol. The normalized spacial score (nSPS) is 10.5. The van der Waals surface area contributed by atoms with Crippen LogP contribution in [-0.4, -0.2) is 20.9 Å². The second-order valence-corrected chi connectivity index (χ2v) is 4.58. The third-order valence-corrected chi connectivity index (χ3v) is 3.14. The SMILES string of the molecule is NCc1cnnn1CC(=O)Nc1ccc(Cl)c(Cl)c1. The third kappa shape index (κ3) is 3.44. The molecule has 2 aromatic rings. The summed E-state index contributed by atoms with van der Waals surface area (Å²) in [4.78, 5) is 11.8. The molecule has 3 N–H and O–H groups in total. The summed E-state index contributed by atoms with van der Waals surface area (Å²) in [6, 6.07) is 4.85. The van der Waals surface area contributed by atoms with Gasteiger partial charge >= 0.3 is 0 Å². The summed E-state index contributed by atoms with van der Waals surface area (Å²) in [5.41, 5.74) is 6.74. The Hall–Kier alpha value is -1.63. The molecule has 1 heterocycles. The van der Waals surface area contributed by atoms with E-state index in [4.69, 9.17) is 28.9 Å². The van der Waals surface area contributed by atoms with E-state index in [2.05, 4.69) is 15.6 Å². The Kier molecular flexibility index (Phi) is 4.36. The van der Waals surface area contributed by atoms with Crippen molar-refractivity contribution < 1.29 is 4.79 Å². The Bertz CT molecular complexity index is 599. The van der Waals surface area contributed by atoms with Crippen molar-refractivity contribution in [2.45, 2.75) is 13.1 Å². The number of anilines is 1. The topological polar surface area (TPSA) is 85.8 Å². The molecule has 0 atom stereocenters. The molecule has 0 unspecified atom stereocenters. The minimum absolute atomic E-state index is 0.0345. The molecule has 0 fully saturated rings. The fourth-order valence-electron chi connectivity index (χ4n) is 1.48. The van der Waals surface area contributed by atoms with E-state index in [1.807, 2.05) is 0 Å². The van der Waals surface area contributed by atoms with Crippen LogP contribution in [0.5, 0.6) is 0 Å². The highest BCUT2D eigenvalue weighted by Gasteiger charge is 2.09. The zero-order valence-electron chi connectivity index (χ0n) is 9.81. The summed E-state index contributed by atoms with van der Waals surface area (Å²) in [7, 11) is 0. The van der Waals surface area contributed by atoms with Gasteiger partial charge in [0, 0.05) is 12.2 Å². The molecule has 0 aliphatic carbocycles. The molecule has 19 heavy (non-hydrogen) atoms. The number of nitrogens with one attached hydrogen (secondary N) is 1. The zero-order valence-corrected chi connectivity index (χ0v) is 11.3. The Morgan fingerprint density at radius 1 is 1.37 bits per heavy atom. The Balaban J connectivity index is 2.03. The molecule has 6 nitrogen and oxygen atoms in total. The first-order valence-corrected chi connectivity index (χ1v) is 6.18. The number of rotatable bonds is 4. The van der Waals surface area contributed by atoms with Crippen LogP contribution in [0.4, 0.5) is 5.69 Å². The van der Waals surface area contributed by atoms with Crippen molar-refractivity contribution >= 4 is 34.8 Å². The van der Waals surface area contributed by atoms with Gasteiger partial charge in [-0.3, -0.25) is 4.79 Å². The number of carbonyl (C=O) groups is 1. The van der Waals surface area contributed by atoms with E-state index in [0.29, 0.717) is 21.4 Å². The minimum atomic E-state index is -0.251. The van der Waals surface area contributed by atoms with Crippen molar-refractivity contribution in [3.63, 3.8) is 0 Å². The smallest absolute Gasteiger partial charge is 0.246 e. The van der Waals surface area contributed by atoms with E-state index in [1.165, 1.54) is 10.9 Å². The zero-order chi connectivity index (χ0) is 13.8. The van der Waals surface area contributed by atoms with E-state index < -0.39 is 0 Å². The lowest BCUT2D eigenvalue weighted by molar-refractivity contribution is -0.117. The van der Waals surface area contributed by atoms with Gasteiger partial charge in [-0.25, -0.2) is 4.68 Å². The number of amides is 1. The summed E-state index contributed by atoms with van der Waals surface area (Å²) in [6.45, 7) is 0.305. The average molecular weight is 300 g/mol. The quantitative estimate of drug-likeness (QED) is 0.899. The van der Waals surface area contributed by atoms with Crippen LogP contribution in [0.2, 0.25) is 10.0 Å². The molecule has 1 aromatic carbocycles. The second-order valence-electron chi connectivity index (χ2n) is 3.76. The lowest BCUT2D eigenvalue weighted by atomic mass is 10.3. The molecule has 1 amide bonds. The predicted octanol–water partition coefficient (Wildman–Crippen LogP) is 1.68. The second kappa shape index (κ2) is 6.01. The summed E-state index contributed by atoms with van der Waals surface area (Å²) in [5, 5.41) is 11.0. The summed E-state index contributed by atoms with van der Waals surface area (Å²) >= 11 is 11.7. The fourth-order valence-corrected chi connectivity index (χ4v) is 1.78. The molecule has 2 rings (SSSR count). The summed E-state index contributed by atoms with van der Waals surface area (Å²) < 4.78 is 1.44. The summed E-state index contributed by atoms with van der Waals surface area (Å²) in [5.74, 6) is -0.251. The van der Waals surface area contributed by atoms with Crippen LogP contribution < -0.4 is 11.1 Å². The minimum Gasteiger partial charge on any atom is -0.325 e. The number of aromatic nitrogens is 3. The van der Waals surface area contributed by atoms with Crippen LogP contribution >= 0.6 is 23.2 Å². The van der Waals surface area contributed by atoms with Crippen molar-refractivity contribution in [3.8, 4) is 0 Å². The molecule has 100 valence electrons. The van der Waals surface area contributed by atoms with Gasteiger partial charge in [-0.05, 0) is 18.2 Å². The maximum absolute atomic E-state index is 11.8. The maximum Gasteiger partial charge on any atom is 0.246 e. The average Bonchev–Trinajstić information content (AvgIpc) is 2.81. The number of carbonyl (C=O) groups excluding carboxylic acids is 1. The fraction of sp³-hybridized carbons (Fsp3) is 0.182. The first kappa shape index (κ1) is 13.8. The van der Waals surface area contributed by atoms with Crippen molar-refractivity contribution in [2.24, 2.45) is 5.73 Å².